The lowest BCUT2D eigenvalue weighted by molar-refractivity contribution is 0.476. The lowest BCUT2D eigenvalue weighted by Crippen LogP contribution is -2.42. The highest BCUT2D eigenvalue weighted by Gasteiger charge is 2.23. The Morgan fingerprint density at radius 3 is 2.74 bits per heavy atom. The number of aryl methyl sites for hydroxylation is 2. The third-order valence-electron chi connectivity index (χ3n) is 5.84. The zero-order valence-corrected chi connectivity index (χ0v) is 19.6. The van der Waals surface area contributed by atoms with Crippen LogP contribution in [0.5, 0.6) is 11.5 Å². The zero-order chi connectivity index (χ0) is 23.8. The molecule has 4 aromatic heterocycles. The second-order valence-electron chi connectivity index (χ2n) is 8.60. The van der Waals surface area contributed by atoms with Crippen LogP contribution in [0.15, 0.2) is 41.6 Å². The third-order valence-corrected chi connectivity index (χ3v) is 5.84. The molecule has 0 N–H and O–H groups in total. The van der Waals surface area contributed by atoms with Gasteiger partial charge in [0.25, 0.3) is 5.56 Å². The first-order valence-electron chi connectivity index (χ1n) is 11.2. The Labute approximate surface area is 197 Å². The van der Waals surface area contributed by atoms with E-state index in [9.17, 15) is 4.79 Å². The van der Waals surface area contributed by atoms with Crippen LogP contribution in [0.25, 0.3) is 22.5 Å². The molecule has 0 amide bonds. The van der Waals surface area contributed by atoms with E-state index in [1.807, 2.05) is 20.2 Å². The van der Waals surface area contributed by atoms with E-state index in [0.29, 0.717) is 40.7 Å². The van der Waals surface area contributed by atoms with E-state index in [1.54, 1.807) is 39.8 Å². The summed E-state index contributed by atoms with van der Waals surface area (Å²) in [4.78, 5) is 28.9. The van der Waals surface area contributed by atoms with Crippen molar-refractivity contribution in [3.63, 3.8) is 0 Å². The molecule has 0 fully saturated rings. The number of aromatic nitrogens is 6. The average molecular weight is 456 g/mol. The summed E-state index contributed by atoms with van der Waals surface area (Å²) in [5, 5.41) is 4.17. The van der Waals surface area contributed by atoms with Crippen LogP contribution < -0.4 is 15.2 Å². The van der Waals surface area contributed by atoms with Gasteiger partial charge in [0, 0.05) is 56.4 Å². The van der Waals surface area contributed by atoms with Gasteiger partial charge in [0.1, 0.15) is 5.75 Å². The van der Waals surface area contributed by atoms with E-state index in [4.69, 9.17) is 4.74 Å². The van der Waals surface area contributed by atoms with E-state index in [-0.39, 0.29) is 11.6 Å². The Bertz CT molecular complexity index is 1410. The Balaban J connectivity index is 1.43. The van der Waals surface area contributed by atoms with Crippen LogP contribution in [0.3, 0.4) is 0 Å². The highest BCUT2D eigenvalue weighted by atomic mass is 16.5. The molecular weight excluding hydrogens is 430 g/mol. The Morgan fingerprint density at radius 2 is 2.00 bits per heavy atom. The summed E-state index contributed by atoms with van der Waals surface area (Å²) in [5.41, 5.74) is 3.17. The maximum atomic E-state index is 13.2. The van der Waals surface area contributed by atoms with Crippen LogP contribution in [-0.2, 0) is 13.6 Å². The Kier molecular flexibility index (Phi) is 5.49. The molecule has 0 saturated carbocycles. The minimum atomic E-state index is -0.0749. The summed E-state index contributed by atoms with van der Waals surface area (Å²) >= 11 is 0. The molecule has 34 heavy (non-hydrogen) atoms. The molecule has 0 spiro atoms. The van der Waals surface area contributed by atoms with Crippen LogP contribution in [-0.4, -0.2) is 41.9 Å². The van der Waals surface area contributed by atoms with E-state index in [0.717, 1.165) is 24.5 Å². The summed E-state index contributed by atoms with van der Waals surface area (Å²) in [6.45, 7) is 7.62. The van der Waals surface area contributed by atoms with E-state index >= 15 is 0 Å². The quantitative estimate of drug-likeness (QED) is 0.455. The average Bonchev–Trinajstić information content (AvgIpc) is 3.27. The van der Waals surface area contributed by atoms with Gasteiger partial charge in [-0.05, 0) is 45.4 Å². The SMILES string of the molecule is Cc1nc(-c2cnc3n(c2=O)CCCN3C(C)C)ccc1Oc1c#cnc(-c2cnn(C)c2)c1. The van der Waals surface area contributed by atoms with E-state index in [1.165, 1.54) is 0 Å². The Morgan fingerprint density at radius 1 is 1.15 bits per heavy atom. The first-order chi connectivity index (χ1) is 16.4. The second-order valence-corrected chi connectivity index (χ2v) is 8.60. The first-order valence-corrected chi connectivity index (χ1v) is 11.2. The number of hydrogen-bond donors (Lipinski definition) is 0. The molecule has 5 rings (SSSR count). The third kappa shape index (κ3) is 3.99. The molecule has 4 aromatic rings. The van der Waals surface area contributed by atoms with Crippen LogP contribution in [0, 0.1) is 19.2 Å². The van der Waals surface area contributed by atoms with Crippen LogP contribution in [0.4, 0.5) is 5.95 Å². The number of ether oxygens (including phenoxy) is 1. The fraction of sp³-hybridized carbons (Fsp3) is 0.320. The van der Waals surface area contributed by atoms with Crippen LogP contribution in [0.1, 0.15) is 26.0 Å². The molecule has 5 heterocycles. The van der Waals surface area contributed by atoms with Gasteiger partial charge in [0.05, 0.1) is 28.8 Å². The number of pyridine rings is 1. The van der Waals surface area contributed by atoms with E-state index < -0.39 is 0 Å². The van der Waals surface area contributed by atoms with Crippen molar-refractivity contribution in [2.75, 3.05) is 11.4 Å². The maximum Gasteiger partial charge on any atom is 0.264 e. The molecule has 0 bridgehead atoms. The van der Waals surface area contributed by atoms with E-state index in [2.05, 4.69) is 51.1 Å². The molecule has 9 heteroatoms. The summed E-state index contributed by atoms with van der Waals surface area (Å²) in [5.74, 6) is 1.75. The number of nitrogens with zero attached hydrogens (tertiary/aromatic N) is 7. The Hall–Kier alpha value is -4.19. The van der Waals surface area contributed by atoms with Crippen LogP contribution in [0.2, 0.25) is 0 Å². The van der Waals surface area contributed by atoms with Gasteiger partial charge in [0.2, 0.25) is 5.95 Å². The van der Waals surface area contributed by atoms with Gasteiger partial charge < -0.3 is 9.64 Å². The minimum absolute atomic E-state index is 0.0749. The molecule has 172 valence electrons. The fourth-order valence-electron chi connectivity index (χ4n) is 4.09. The van der Waals surface area contributed by atoms with Crippen molar-refractivity contribution in [2.45, 2.75) is 39.8 Å². The highest BCUT2D eigenvalue weighted by molar-refractivity contribution is 5.60. The van der Waals surface area contributed by atoms with Crippen molar-refractivity contribution < 1.29 is 4.74 Å². The minimum Gasteiger partial charge on any atom is -0.446 e. The van der Waals surface area contributed by atoms with Crippen LogP contribution >= 0.6 is 0 Å². The van der Waals surface area contributed by atoms with Crippen molar-refractivity contribution in [1.29, 1.82) is 0 Å². The maximum absolute atomic E-state index is 13.2. The van der Waals surface area contributed by atoms with Gasteiger partial charge in [0.15, 0.2) is 5.75 Å². The molecule has 0 radical (unpaired) electrons. The molecule has 9 nitrogen and oxygen atoms in total. The summed E-state index contributed by atoms with van der Waals surface area (Å²) in [6.07, 6.45) is 8.89. The van der Waals surface area contributed by atoms with Gasteiger partial charge in [-0.25, -0.2) is 9.97 Å². The van der Waals surface area contributed by atoms with Crippen molar-refractivity contribution in [3.8, 4) is 34.0 Å². The molecule has 0 unspecified atom stereocenters. The molecule has 0 aromatic carbocycles. The normalized spacial score (nSPS) is 13.0. The lowest BCUT2D eigenvalue weighted by atomic mass is 10.2. The standard InChI is InChI=1S/C25H25N7O2/c1-16(2)31-10-5-11-32-24(33)20(14-27-25(31)32)21-6-7-23(17(3)29-21)34-19-8-9-26-22(12-19)18-13-28-30(4)15-18/h6-7,12-16H,5,10-11H2,1-4H3. The van der Waals surface area contributed by atoms with Crippen molar-refractivity contribution >= 4 is 5.95 Å². The topological polar surface area (TPSA) is 91.0 Å². The van der Waals surface area contributed by atoms with Crippen molar-refractivity contribution in [2.24, 2.45) is 7.05 Å². The number of hydrogen-bond acceptors (Lipinski definition) is 7. The number of fused-ring (bicyclic) bond motifs is 1. The number of rotatable bonds is 5. The van der Waals surface area contributed by atoms with Crippen molar-refractivity contribution in [1.82, 2.24) is 29.3 Å². The molecule has 0 atom stereocenters. The molecule has 0 saturated heterocycles. The summed E-state index contributed by atoms with van der Waals surface area (Å²) in [7, 11) is 1.85. The van der Waals surface area contributed by atoms with Crippen molar-refractivity contribution in [3.05, 3.63) is 65.1 Å². The monoisotopic (exact) mass is 455 g/mol. The predicted octanol–water partition coefficient (Wildman–Crippen LogP) is 3.42. The largest absolute Gasteiger partial charge is 0.446 e. The van der Waals surface area contributed by atoms with Gasteiger partial charge >= 0.3 is 0 Å². The molecule has 1 aliphatic heterocycles. The predicted molar refractivity (Wildman–Crippen MR) is 128 cm³/mol. The lowest BCUT2D eigenvalue weighted by Gasteiger charge is -2.33. The van der Waals surface area contributed by atoms with Gasteiger partial charge in [-0.15, -0.1) is 0 Å². The summed E-state index contributed by atoms with van der Waals surface area (Å²) in [6, 6.07) is 8.53. The zero-order valence-electron chi connectivity index (χ0n) is 19.6. The smallest absolute Gasteiger partial charge is 0.264 e. The van der Waals surface area contributed by atoms with Gasteiger partial charge in [-0.2, -0.15) is 10.1 Å². The van der Waals surface area contributed by atoms with Gasteiger partial charge in [-0.3, -0.25) is 14.0 Å². The highest BCUT2D eigenvalue weighted by Crippen LogP contribution is 2.28. The molecule has 0 aliphatic carbocycles. The number of anilines is 1. The summed E-state index contributed by atoms with van der Waals surface area (Å²) < 4.78 is 9.47. The molecule has 1 aliphatic rings. The fourth-order valence-corrected chi connectivity index (χ4v) is 4.09. The molecular formula is C25H25N7O2. The first kappa shape index (κ1) is 21.6. The second kappa shape index (κ2) is 8.63. The van der Waals surface area contributed by atoms with Gasteiger partial charge in [-0.1, -0.05) is 0 Å².